The van der Waals surface area contributed by atoms with Crippen molar-refractivity contribution in [3.8, 4) is 11.5 Å². The van der Waals surface area contributed by atoms with Gasteiger partial charge in [0.25, 0.3) is 0 Å². The van der Waals surface area contributed by atoms with E-state index in [1.807, 2.05) is 0 Å². The number of nitrogens with one attached hydrogen (secondary N) is 1. The summed E-state index contributed by atoms with van der Waals surface area (Å²) in [5, 5.41) is 13.7. The third kappa shape index (κ3) is 7.82. The number of benzene rings is 2. The van der Waals surface area contributed by atoms with Crippen LogP contribution in [0.25, 0.3) is 0 Å². The van der Waals surface area contributed by atoms with Gasteiger partial charge in [0.1, 0.15) is 5.75 Å². The molecular weight excluding hydrogens is 425 g/mol. The summed E-state index contributed by atoms with van der Waals surface area (Å²) in [6.07, 6.45) is -4.42. The number of nitro groups is 1. The van der Waals surface area contributed by atoms with Gasteiger partial charge in [-0.05, 0) is 29.3 Å². The molecule has 2 aromatic carbocycles. The van der Waals surface area contributed by atoms with E-state index in [4.69, 9.17) is 4.74 Å². The molecule has 0 aliphatic heterocycles. The van der Waals surface area contributed by atoms with Crippen LogP contribution in [0.15, 0.2) is 42.5 Å². The lowest BCUT2D eigenvalue weighted by Crippen LogP contribution is -2.24. The zero-order chi connectivity index (χ0) is 22.1. The van der Waals surface area contributed by atoms with Gasteiger partial charge < -0.3 is 14.8 Å². The monoisotopic (exact) mass is 444 g/mol. The molecule has 0 fully saturated rings. The van der Waals surface area contributed by atoms with Gasteiger partial charge in [-0.1, -0.05) is 18.2 Å². The van der Waals surface area contributed by atoms with E-state index >= 15 is 0 Å². The average Bonchev–Trinajstić information content (AvgIpc) is 2.70. The summed E-state index contributed by atoms with van der Waals surface area (Å²) < 4.78 is 46.3. The van der Waals surface area contributed by atoms with E-state index in [1.54, 1.807) is 18.2 Å². The van der Waals surface area contributed by atoms with Crippen molar-refractivity contribution in [3.63, 3.8) is 0 Å². The van der Waals surface area contributed by atoms with Crippen LogP contribution in [0.3, 0.4) is 0 Å². The topological polar surface area (TPSA) is 90.7 Å². The number of nitro benzene ring substituents is 1. The van der Waals surface area contributed by atoms with E-state index in [0.717, 1.165) is 0 Å². The molecule has 0 spiro atoms. The van der Waals surface area contributed by atoms with Gasteiger partial charge in [0.05, 0.1) is 17.8 Å². The normalized spacial score (nSPS) is 11.1. The van der Waals surface area contributed by atoms with Crippen molar-refractivity contribution >= 4 is 23.4 Å². The Kier molecular flexibility index (Phi) is 8.34. The highest BCUT2D eigenvalue weighted by Crippen LogP contribution is 2.29. The van der Waals surface area contributed by atoms with E-state index in [0.29, 0.717) is 16.9 Å². The van der Waals surface area contributed by atoms with Gasteiger partial charge in [-0.15, -0.1) is 11.8 Å². The Bertz CT molecular complexity index is 893. The van der Waals surface area contributed by atoms with Crippen LogP contribution in [0.2, 0.25) is 0 Å². The maximum atomic E-state index is 12.2. The summed E-state index contributed by atoms with van der Waals surface area (Å²) in [5.74, 6) is 0.454. The van der Waals surface area contributed by atoms with Crippen molar-refractivity contribution in [2.24, 2.45) is 0 Å². The highest BCUT2D eigenvalue weighted by Gasteiger charge is 2.28. The first-order valence-corrected chi connectivity index (χ1v) is 9.77. The number of amides is 1. The first-order valence-electron chi connectivity index (χ1n) is 8.62. The second kappa shape index (κ2) is 10.7. The fourth-order valence-electron chi connectivity index (χ4n) is 2.39. The lowest BCUT2D eigenvalue weighted by molar-refractivity contribution is -0.385. The number of hydrogen-bond acceptors (Lipinski definition) is 6. The third-order valence-corrected chi connectivity index (χ3v) is 4.74. The van der Waals surface area contributed by atoms with Crippen LogP contribution in [-0.2, 0) is 17.1 Å². The average molecular weight is 444 g/mol. The fraction of sp³-hybridized carbons (Fsp3) is 0.316. The van der Waals surface area contributed by atoms with Crippen LogP contribution >= 0.6 is 11.8 Å². The number of hydrogen-bond donors (Lipinski definition) is 1. The maximum absolute atomic E-state index is 12.2. The second-order valence-electron chi connectivity index (χ2n) is 6.08. The van der Waals surface area contributed by atoms with Gasteiger partial charge in [-0.2, -0.15) is 13.2 Å². The SMILES string of the molecule is COc1ccc(CSCC(=O)NCc2cccc(OCC(F)(F)F)c2)cc1[N+](=O)[O-]. The Hall–Kier alpha value is -2.95. The Morgan fingerprint density at radius 1 is 1.20 bits per heavy atom. The van der Waals surface area contributed by atoms with E-state index in [2.05, 4.69) is 10.1 Å². The molecular formula is C19H19F3N2O5S. The number of halogens is 3. The molecule has 0 atom stereocenters. The van der Waals surface area contributed by atoms with Gasteiger partial charge >= 0.3 is 11.9 Å². The standard InChI is InChI=1S/C19H19F3N2O5S/c1-28-17-6-5-14(8-16(17)24(26)27)10-30-11-18(25)23-9-13-3-2-4-15(7-13)29-12-19(20,21)22/h2-8H,9-12H2,1H3,(H,23,25). The van der Waals surface area contributed by atoms with Gasteiger partial charge in [0.15, 0.2) is 12.4 Å². The summed E-state index contributed by atoms with van der Waals surface area (Å²) in [6, 6.07) is 10.6. The molecule has 0 aliphatic carbocycles. The predicted molar refractivity (Wildman–Crippen MR) is 106 cm³/mol. The third-order valence-electron chi connectivity index (χ3n) is 3.73. The van der Waals surface area contributed by atoms with Gasteiger partial charge in [0.2, 0.25) is 5.91 Å². The number of carbonyl (C=O) groups is 1. The smallest absolute Gasteiger partial charge is 0.422 e. The van der Waals surface area contributed by atoms with E-state index in [-0.39, 0.29) is 35.4 Å². The Labute approximate surface area is 174 Å². The molecule has 162 valence electrons. The van der Waals surface area contributed by atoms with Crippen molar-refractivity contribution in [3.05, 3.63) is 63.7 Å². The van der Waals surface area contributed by atoms with E-state index in [9.17, 15) is 28.1 Å². The van der Waals surface area contributed by atoms with E-state index < -0.39 is 17.7 Å². The van der Waals surface area contributed by atoms with Gasteiger partial charge in [-0.25, -0.2) is 0 Å². The lowest BCUT2D eigenvalue weighted by atomic mass is 10.2. The Morgan fingerprint density at radius 3 is 2.63 bits per heavy atom. The maximum Gasteiger partial charge on any atom is 0.422 e. The molecule has 0 unspecified atom stereocenters. The number of methoxy groups -OCH3 is 1. The molecule has 0 radical (unpaired) electrons. The Morgan fingerprint density at radius 2 is 1.97 bits per heavy atom. The molecule has 2 aromatic rings. The first kappa shape index (κ1) is 23.3. The number of ether oxygens (including phenoxy) is 2. The highest BCUT2D eigenvalue weighted by atomic mass is 32.2. The van der Waals surface area contributed by atoms with Crippen LogP contribution in [0, 0.1) is 10.1 Å². The molecule has 11 heteroatoms. The lowest BCUT2D eigenvalue weighted by Gasteiger charge is -2.11. The minimum Gasteiger partial charge on any atom is -0.490 e. The largest absolute Gasteiger partial charge is 0.490 e. The minimum atomic E-state index is -4.42. The quantitative estimate of drug-likeness (QED) is 0.438. The molecule has 0 aliphatic rings. The van der Waals surface area contributed by atoms with Crippen molar-refractivity contribution in [1.82, 2.24) is 5.32 Å². The van der Waals surface area contributed by atoms with E-state index in [1.165, 1.54) is 43.1 Å². The van der Waals surface area contributed by atoms with Crippen molar-refractivity contribution in [2.45, 2.75) is 18.5 Å². The van der Waals surface area contributed by atoms with Crippen LogP contribution in [-0.4, -0.2) is 36.5 Å². The van der Waals surface area contributed by atoms with Crippen LogP contribution in [0.4, 0.5) is 18.9 Å². The van der Waals surface area contributed by atoms with Crippen LogP contribution in [0.5, 0.6) is 11.5 Å². The molecule has 0 heterocycles. The number of nitrogens with zero attached hydrogens (tertiary/aromatic N) is 1. The summed E-state index contributed by atoms with van der Waals surface area (Å²) >= 11 is 1.27. The molecule has 0 saturated carbocycles. The first-order chi connectivity index (χ1) is 14.2. The molecule has 30 heavy (non-hydrogen) atoms. The molecule has 1 N–H and O–H groups in total. The minimum absolute atomic E-state index is 0.0644. The zero-order valence-electron chi connectivity index (χ0n) is 15.9. The summed E-state index contributed by atoms with van der Waals surface area (Å²) in [6.45, 7) is -1.25. The highest BCUT2D eigenvalue weighted by molar-refractivity contribution is 7.99. The summed E-state index contributed by atoms with van der Waals surface area (Å²) in [5.41, 5.74) is 1.13. The number of carbonyl (C=O) groups excluding carboxylic acids is 1. The molecule has 1 amide bonds. The fourth-order valence-corrected chi connectivity index (χ4v) is 3.20. The van der Waals surface area contributed by atoms with Crippen LogP contribution < -0.4 is 14.8 Å². The second-order valence-corrected chi connectivity index (χ2v) is 7.07. The number of thioether (sulfide) groups is 1. The molecule has 0 saturated heterocycles. The number of alkyl halides is 3. The van der Waals surface area contributed by atoms with Crippen molar-refractivity contribution < 1.29 is 32.4 Å². The predicted octanol–water partition coefficient (Wildman–Crippen LogP) is 4.09. The summed E-state index contributed by atoms with van der Waals surface area (Å²) in [4.78, 5) is 22.5. The van der Waals surface area contributed by atoms with Crippen molar-refractivity contribution in [1.29, 1.82) is 0 Å². The summed E-state index contributed by atoms with van der Waals surface area (Å²) in [7, 11) is 1.35. The molecule has 2 rings (SSSR count). The Balaban J connectivity index is 1.79. The molecule has 0 bridgehead atoms. The van der Waals surface area contributed by atoms with Crippen molar-refractivity contribution in [2.75, 3.05) is 19.5 Å². The van der Waals surface area contributed by atoms with Crippen LogP contribution in [0.1, 0.15) is 11.1 Å². The molecule has 7 nitrogen and oxygen atoms in total. The van der Waals surface area contributed by atoms with Gasteiger partial charge in [-0.3, -0.25) is 14.9 Å². The zero-order valence-corrected chi connectivity index (χ0v) is 16.7. The molecule has 0 aromatic heterocycles. The van der Waals surface area contributed by atoms with Gasteiger partial charge in [0, 0.05) is 18.4 Å². The number of rotatable bonds is 10.